The van der Waals surface area contributed by atoms with Crippen LogP contribution in [0.3, 0.4) is 0 Å². The molecule has 4 heteroatoms. The van der Waals surface area contributed by atoms with Gasteiger partial charge < -0.3 is 10.2 Å². The van der Waals surface area contributed by atoms with Crippen molar-refractivity contribution >= 4 is 11.8 Å². The van der Waals surface area contributed by atoms with Gasteiger partial charge in [0.05, 0.1) is 5.92 Å². The molecule has 2 amide bonds. The Hall–Kier alpha value is -1.84. The molecule has 0 radical (unpaired) electrons. The number of likely N-dealkylation sites (tertiary alicyclic amines) is 1. The van der Waals surface area contributed by atoms with E-state index in [1.54, 1.807) is 0 Å². The Bertz CT molecular complexity index is 633. The van der Waals surface area contributed by atoms with Gasteiger partial charge in [-0.25, -0.2) is 0 Å². The average Bonchev–Trinajstić information content (AvgIpc) is 3.43. The van der Waals surface area contributed by atoms with E-state index >= 15 is 0 Å². The standard InChI is InChI=1S/C21H28N2O2/c24-19-13-16(14-23(19)18-9-10-18)20(25)22-15-21(11-5-2-6-12-21)17-7-3-1-4-8-17/h1,3-4,7-8,16,18H,2,5-6,9-15H2,(H,22,25)/t16-/m1/s1. The van der Waals surface area contributed by atoms with E-state index in [4.69, 9.17) is 0 Å². The molecule has 25 heavy (non-hydrogen) atoms. The molecule has 3 aliphatic rings. The summed E-state index contributed by atoms with van der Waals surface area (Å²) in [4.78, 5) is 26.7. The van der Waals surface area contributed by atoms with E-state index in [9.17, 15) is 9.59 Å². The lowest BCUT2D eigenvalue weighted by Gasteiger charge is -2.38. The van der Waals surface area contributed by atoms with E-state index in [-0.39, 0.29) is 23.1 Å². The van der Waals surface area contributed by atoms with Crippen molar-refractivity contribution in [1.29, 1.82) is 0 Å². The first-order valence-corrected chi connectivity index (χ1v) is 9.81. The summed E-state index contributed by atoms with van der Waals surface area (Å²) in [5, 5.41) is 3.22. The van der Waals surface area contributed by atoms with Crippen LogP contribution < -0.4 is 5.32 Å². The predicted molar refractivity (Wildman–Crippen MR) is 97.1 cm³/mol. The Morgan fingerprint density at radius 3 is 2.52 bits per heavy atom. The molecule has 1 N–H and O–H groups in total. The molecule has 134 valence electrons. The van der Waals surface area contributed by atoms with Crippen molar-refractivity contribution in [3.63, 3.8) is 0 Å². The second-order valence-corrected chi connectivity index (χ2v) is 8.10. The van der Waals surface area contributed by atoms with Gasteiger partial charge in [0.2, 0.25) is 11.8 Å². The maximum Gasteiger partial charge on any atom is 0.225 e. The molecule has 1 aromatic rings. The summed E-state index contributed by atoms with van der Waals surface area (Å²) in [6.45, 7) is 1.32. The maximum atomic E-state index is 12.7. The van der Waals surface area contributed by atoms with Gasteiger partial charge in [-0.15, -0.1) is 0 Å². The first kappa shape index (κ1) is 16.6. The second kappa shape index (κ2) is 6.81. The third kappa shape index (κ3) is 3.44. The molecule has 4 rings (SSSR count). The fraction of sp³-hybridized carbons (Fsp3) is 0.619. The minimum Gasteiger partial charge on any atom is -0.355 e. The van der Waals surface area contributed by atoms with Crippen LogP contribution in [0.4, 0.5) is 0 Å². The highest BCUT2D eigenvalue weighted by atomic mass is 16.2. The zero-order valence-electron chi connectivity index (χ0n) is 14.9. The molecule has 4 nitrogen and oxygen atoms in total. The van der Waals surface area contributed by atoms with Gasteiger partial charge in [0.1, 0.15) is 0 Å². The zero-order valence-corrected chi connectivity index (χ0v) is 14.9. The molecule has 1 heterocycles. The highest BCUT2D eigenvalue weighted by Gasteiger charge is 2.42. The number of benzene rings is 1. The van der Waals surface area contributed by atoms with E-state index in [0.717, 1.165) is 25.7 Å². The molecule has 1 atom stereocenters. The van der Waals surface area contributed by atoms with Crippen LogP contribution in [0.15, 0.2) is 30.3 Å². The van der Waals surface area contributed by atoms with Gasteiger partial charge >= 0.3 is 0 Å². The summed E-state index contributed by atoms with van der Waals surface area (Å²) < 4.78 is 0. The molecule has 1 aliphatic heterocycles. The van der Waals surface area contributed by atoms with Crippen LogP contribution in [0.2, 0.25) is 0 Å². The third-order valence-corrected chi connectivity index (χ3v) is 6.31. The molecule has 2 aliphatic carbocycles. The number of rotatable bonds is 5. The minimum absolute atomic E-state index is 0.0635. The van der Waals surface area contributed by atoms with Gasteiger partial charge in [0, 0.05) is 31.0 Å². The van der Waals surface area contributed by atoms with E-state index < -0.39 is 0 Å². The van der Waals surface area contributed by atoms with Crippen molar-refractivity contribution in [3.8, 4) is 0 Å². The van der Waals surface area contributed by atoms with Gasteiger partial charge in [-0.1, -0.05) is 49.6 Å². The van der Waals surface area contributed by atoms with Crippen molar-refractivity contribution in [3.05, 3.63) is 35.9 Å². The molecular weight excluding hydrogens is 312 g/mol. The van der Waals surface area contributed by atoms with Gasteiger partial charge in [-0.05, 0) is 31.2 Å². The summed E-state index contributed by atoms with van der Waals surface area (Å²) in [7, 11) is 0. The first-order chi connectivity index (χ1) is 12.2. The summed E-state index contributed by atoms with van der Waals surface area (Å²) in [5.74, 6) is 0.0694. The Morgan fingerprint density at radius 2 is 1.84 bits per heavy atom. The van der Waals surface area contributed by atoms with E-state index in [1.165, 1.54) is 24.8 Å². The van der Waals surface area contributed by atoms with Crippen molar-refractivity contribution in [1.82, 2.24) is 10.2 Å². The predicted octanol–water partition coefficient (Wildman–Crippen LogP) is 3.02. The molecule has 1 aromatic carbocycles. The number of hydrogen-bond acceptors (Lipinski definition) is 2. The fourth-order valence-corrected chi connectivity index (χ4v) is 4.63. The highest BCUT2D eigenvalue weighted by Crippen LogP contribution is 2.39. The Labute approximate surface area is 150 Å². The third-order valence-electron chi connectivity index (χ3n) is 6.31. The Morgan fingerprint density at radius 1 is 1.12 bits per heavy atom. The van der Waals surface area contributed by atoms with E-state index in [2.05, 4.69) is 35.6 Å². The highest BCUT2D eigenvalue weighted by molar-refractivity contribution is 5.89. The number of carbonyl (C=O) groups is 2. The van der Waals surface area contributed by atoms with Crippen molar-refractivity contribution in [2.75, 3.05) is 13.1 Å². The van der Waals surface area contributed by atoms with Crippen LogP contribution in [0.25, 0.3) is 0 Å². The topological polar surface area (TPSA) is 49.4 Å². The number of amides is 2. The average molecular weight is 340 g/mol. The van der Waals surface area contributed by atoms with Gasteiger partial charge in [-0.2, -0.15) is 0 Å². The second-order valence-electron chi connectivity index (χ2n) is 8.10. The van der Waals surface area contributed by atoms with Crippen LogP contribution >= 0.6 is 0 Å². The van der Waals surface area contributed by atoms with Crippen LogP contribution in [0.5, 0.6) is 0 Å². The van der Waals surface area contributed by atoms with Crippen LogP contribution in [0.1, 0.15) is 56.9 Å². The molecule has 2 saturated carbocycles. The lowest BCUT2D eigenvalue weighted by atomic mass is 9.69. The quantitative estimate of drug-likeness (QED) is 0.896. The van der Waals surface area contributed by atoms with Gasteiger partial charge in [-0.3, -0.25) is 9.59 Å². The molecule has 0 spiro atoms. The summed E-state index contributed by atoms with van der Waals surface area (Å²) in [6.07, 6.45) is 8.61. The minimum atomic E-state index is -0.162. The lowest BCUT2D eigenvalue weighted by Crippen LogP contribution is -2.44. The van der Waals surface area contributed by atoms with Crippen molar-refractivity contribution < 1.29 is 9.59 Å². The Balaban J connectivity index is 1.41. The summed E-state index contributed by atoms with van der Waals surface area (Å²) in [6, 6.07) is 11.1. The molecule has 0 unspecified atom stereocenters. The Kier molecular flexibility index (Phi) is 4.53. The SMILES string of the molecule is O=C(NCC1(c2ccccc2)CCCCC1)[C@@H]1CC(=O)N(C2CC2)C1. The largest absolute Gasteiger partial charge is 0.355 e. The molecule has 1 saturated heterocycles. The maximum absolute atomic E-state index is 12.7. The molecule has 3 fully saturated rings. The lowest BCUT2D eigenvalue weighted by molar-refractivity contribution is -0.129. The van der Waals surface area contributed by atoms with Crippen molar-refractivity contribution in [2.45, 2.75) is 62.8 Å². The van der Waals surface area contributed by atoms with Crippen molar-refractivity contribution in [2.24, 2.45) is 5.92 Å². The molecule has 0 bridgehead atoms. The van der Waals surface area contributed by atoms with E-state index in [1.807, 2.05) is 4.90 Å². The summed E-state index contributed by atoms with van der Waals surface area (Å²) in [5.41, 5.74) is 1.41. The summed E-state index contributed by atoms with van der Waals surface area (Å²) >= 11 is 0. The fourth-order valence-electron chi connectivity index (χ4n) is 4.63. The van der Waals surface area contributed by atoms with Crippen LogP contribution in [-0.4, -0.2) is 35.8 Å². The first-order valence-electron chi connectivity index (χ1n) is 9.81. The number of nitrogens with zero attached hydrogens (tertiary/aromatic N) is 1. The van der Waals surface area contributed by atoms with E-state index in [0.29, 0.717) is 25.6 Å². The molecule has 0 aromatic heterocycles. The van der Waals surface area contributed by atoms with Crippen LogP contribution in [-0.2, 0) is 15.0 Å². The zero-order chi connectivity index (χ0) is 17.3. The monoisotopic (exact) mass is 340 g/mol. The number of hydrogen-bond donors (Lipinski definition) is 1. The normalized spacial score (nSPS) is 25.8. The van der Waals surface area contributed by atoms with Gasteiger partial charge in [0.25, 0.3) is 0 Å². The number of nitrogens with one attached hydrogen (secondary N) is 1. The van der Waals surface area contributed by atoms with Gasteiger partial charge in [0.15, 0.2) is 0 Å². The van der Waals surface area contributed by atoms with Crippen LogP contribution in [0, 0.1) is 5.92 Å². The molecular formula is C21H28N2O2. The smallest absolute Gasteiger partial charge is 0.225 e. The number of carbonyl (C=O) groups excluding carboxylic acids is 2.